The Kier molecular flexibility index (Phi) is 7.31. The maximum atomic E-state index is 12.7. The van der Waals surface area contributed by atoms with Crippen LogP contribution in [0.5, 0.6) is 17.2 Å². The zero-order valence-corrected chi connectivity index (χ0v) is 23.1. The fraction of sp³-hybridized carbons (Fsp3) is 0.452. The molecule has 0 atom stereocenters. The number of ether oxygens (including phenoxy) is 2. The van der Waals surface area contributed by atoms with Gasteiger partial charge in [0.1, 0.15) is 5.76 Å². The van der Waals surface area contributed by atoms with Crippen molar-refractivity contribution in [1.29, 1.82) is 0 Å². The molecular weight excluding hydrogens is 466 g/mol. The van der Waals surface area contributed by atoms with Gasteiger partial charge in [0, 0.05) is 13.0 Å². The van der Waals surface area contributed by atoms with Gasteiger partial charge in [-0.25, -0.2) is 0 Å². The van der Waals surface area contributed by atoms with Gasteiger partial charge >= 0.3 is 0 Å². The van der Waals surface area contributed by atoms with E-state index in [1.807, 2.05) is 6.07 Å². The smallest absolute Gasteiger partial charge is 0.287 e. The highest BCUT2D eigenvalue weighted by atomic mass is 16.5. The number of amides is 1. The molecule has 2 N–H and O–H groups in total. The van der Waals surface area contributed by atoms with Crippen LogP contribution in [-0.4, -0.2) is 31.8 Å². The number of benzene rings is 2. The quantitative estimate of drug-likeness (QED) is 0.380. The third-order valence-corrected chi connectivity index (χ3v) is 7.80. The molecule has 0 bridgehead atoms. The second kappa shape index (κ2) is 10.2. The Morgan fingerprint density at radius 1 is 0.973 bits per heavy atom. The zero-order valence-electron chi connectivity index (χ0n) is 23.1. The van der Waals surface area contributed by atoms with Crippen LogP contribution in [0.4, 0.5) is 0 Å². The SMILES string of the molecule is COc1cc(CCNC(=O)c2ccc(Cc3cc4c(cc3C)C(C)(C)CCC4(C)C)o2)cc(OC)c1O. The Labute approximate surface area is 220 Å². The third kappa shape index (κ3) is 5.48. The first-order chi connectivity index (χ1) is 17.4. The van der Waals surface area contributed by atoms with Crippen molar-refractivity contribution >= 4 is 5.91 Å². The van der Waals surface area contributed by atoms with Gasteiger partial charge < -0.3 is 24.3 Å². The number of hydrogen-bond acceptors (Lipinski definition) is 5. The van der Waals surface area contributed by atoms with E-state index in [9.17, 15) is 9.90 Å². The molecule has 6 nitrogen and oxygen atoms in total. The molecule has 198 valence electrons. The molecule has 37 heavy (non-hydrogen) atoms. The topological polar surface area (TPSA) is 80.9 Å². The van der Waals surface area contributed by atoms with Crippen molar-refractivity contribution in [2.75, 3.05) is 20.8 Å². The lowest BCUT2D eigenvalue weighted by Crippen LogP contribution is -2.34. The molecule has 1 heterocycles. The molecule has 1 aliphatic carbocycles. The molecule has 0 spiro atoms. The normalized spacial score (nSPS) is 15.6. The van der Waals surface area contributed by atoms with Crippen LogP contribution in [0.15, 0.2) is 40.8 Å². The van der Waals surface area contributed by atoms with Crippen molar-refractivity contribution in [2.24, 2.45) is 0 Å². The molecule has 1 amide bonds. The average molecular weight is 506 g/mol. The number of furan rings is 1. The minimum absolute atomic E-state index is 0.0395. The second-order valence-electron chi connectivity index (χ2n) is 11.4. The monoisotopic (exact) mass is 505 g/mol. The van der Waals surface area contributed by atoms with Crippen molar-refractivity contribution < 1.29 is 23.8 Å². The van der Waals surface area contributed by atoms with Crippen LogP contribution in [0.3, 0.4) is 0 Å². The molecular formula is C31H39NO5. The maximum Gasteiger partial charge on any atom is 0.287 e. The van der Waals surface area contributed by atoms with Crippen LogP contribution in [0.1, 0.15) is 84.7 Å². The lowest BCUT2D eigenvalue weighted by atomic mass is 9.62. The fourth-order valence-corrected chi connectivity index (χ4v) is 5.24. The molecule has 6 heteroatoms. The van der Waals surface area contributed by atoms with Crippen molar-refractivity contribution in [3.63, 3.8) is 0 Å². The Morgan fingerprint density at radius 2 is 1.57 bits per heavy atom. The van der Waals surface area contributed by atoms with Crippen LogP contribution in [0.2, 0.25) is 0 Å². The van der Waals surface area contributed by atoms with Gasteiger partial charge in [-0.2, -0.15) is 0 Å². The number of hydrogen-bond donors (Lipinski definition) is 2. The molecule has 4 rings (SSSR count). The molecule has 0 saturated heterocycles. The number of aryl methyl sites for hydroxylation is 1. The summed E-state index contributed by atoms with van der Waals surface area (Å²) in [5.74, 6) is 1.44. The molecule has 0 saturated carbocycles. The Hall–Kier alpha value is -3.41. The van der Waals surface area contributed by atoms with Crippen molar-refractivity contribution in [3.8, 4) is 17.2 Å². The summed E-state index contributed by atoms with van der Waals surface area (Å²) in [4.78, 5) is 12.7. The van der Waals surface area contributed by atoms with Crippen LogP contribution < -0.4 is 14.8 Å². The lowest BCUT2D eigenvalue weighted by molar-refractivity contribution is 0.0925. The van der Waals surface area contributed by atoms with Crippen LogP contribution in [0.25, 0.3) is 0 Å². The van der Waals surface area contributed by atoms with Gasteiger partial charge in [-0.15, -0.1) is 0 Å². The van der Waals surface area contributed by atoms with Crippen molar-refractivity contribution in [3.05, 3.63) is 75.7 Å². The van der Waals surface area contributed by atoms with Crippen molar-refractivity contribution in [1.82, 2.24) is 5.32 Å². The predicted octanol–water partition coefficient (Wildman–Crippen LogP) is 6.22. The molecule has 1 aliphatic rings. The molecule has 1 aromatic heterocycles. The van der Waals surface area contributed by atoms with E-state index in [0.717, 1.165) is 11.3 Å². The maximum absolute atomic E-state index is 12.7. The number of phenolic OH excluding ortho intramolecular Hbond substituents is 1. The van der Waals surface area contributed by atoms with Crippen LogP contribution in [-0.2, 0) is 23.7 Å². The summed E-state index contributed by atoms with van der Waals surface area (Å²) in [7, 11) is 2.98. The van der Waals surface area contributed by atoms with E-state index in [0.29, 0.717) is 36.6 Å². The van der Waals surface area contributed by atoms with Gasteiger partial charge in [0.05, 0.1) is 14.2 Å². The summed E-state index contributed by atoms with van der Waals surface area (Å²) in [6, 6.07) is 11.8. The van der Waals surface area contributed by atoms with E-state index in [2.05, 4.69) is 52.1 Å². The van der Waals surface area contributed by atoms with Gasteiger partial charge in [0.2, 0.25) is 5.75 Å². The summed E-state index contributed by atoms with van der Waals surface area (Å²) in [5.41, 5.74) is 6.58. The number of fused-ring (bicyclic) bond motifs is 1. The number of methoxy groups -OCH3 is 2. The van der Waals surface area contributed by atoms with Crippen molar-refractivity contribution in [2.45, 2.75) is 71.1 Å². The summed E-state index contributed by atoms with van der Waals surface area (Å²) < 4.78 is 16.4. The lowest BCUT2D eigenvalue weighted by Gasteiger charge is -2.42. The van der Waals surface area contributed by atoms with E-state index < -0.39 is 0 Å². The van der Waals surface area contributed by atoms with Crippen LogP contribution >= 0.6 is 0 Å². The Morgan fingerprint density at radius 3 is 2.16 bits per heavy atom. The number of nitrogens with one attached hydrogen (secondary N) is 1. The van der Waals surface area contributed by atoms with Gasteiger partial charge in [0.25, 0.3) is 5.91 Å². The van der Waals surface area contributed by atoms with E-state index in [1.54, 1.807) is 18.2 Å². The van der Waals surface area contributed by atoms with E-state index in [1.165, 1.54) is 49.3 Å². The summed E-state index contributed by atoms with van der Waals surface area (Å²) >= 11 is 0. The first-order valence-electron chi connectivity index (χ1n) is 12.9. The first-order valence-corrected chi connectivity index (χ1v) is 12.9. The molecule has 0 fully saturated rings. The molecule has 3 aromatic rings. The predicted molar refractivity (Wildman–Crippen MR) is 145 cm³/mol. The minimum Gasteiger partial charge on any atom is -0.502 e. The standard InChI is InChI=1S/C31H39NO5/c1-19-14-23-24(31(4,5)12-11-30(23,2)3)18-21(19)17-22-8-9-25(37-22)29(34)32-13-10-20-15-26(35-6)28(33)27(16-20)36-7/h8-9,14-16,18,33H,10-13,17H2,1-7H3,(H,32,34). The molecule has 0 unspecified atom stereocenters. The summed E-state index contributed by atoms with van der Waals surface area (Å²) in [6.45, 7) is 11.9. The van der Waals surface area contributed by atoms with Gasteiger partial charge in [-0.1, -0.05) is 39.8 Å². The number of phenols is 1. The van der Waals surface area contributed by atoms with E-state index in [-0.39, 0.29) is 22.5 Å². The zero-order chi connectivity index (χ0) is 27.0. The number of aromatic hydroxyl groups is 1. The molecule has 2 aromatic carbocycles. The second-order valence-corrected chi connectivity index (χ2v) is 11.4. The summed E-state index contributed by atoms with van der Waals surface area (Å²) in [6.07, 6.45) is 3.56. The average Bonchev–Trinajstić information content (AvgIpc) is 3.32. The minimum atomic E-state index is -0.256. The highest BCUT2D eigenvalue weighted by Gasteiger charge is 2.37. The Balaban J connectivity index is 1.43. The molecule has 0 radical (unpaired) electrons. The van der Waals surface area contributed by atoms with Gasteiger partial charge in [-0.05, 0) is 89.1 Å². The Bertz CT molecular complexity index is 1280. The van der Waals surface area contributed by atoms with Crippen LogP contribution in [0, 0.1) is 6.92 Å². The summed E-state index contributed by atoms with van der Waals surface area (Å²) in [5, 5.41) is 13.0. The van der Waals surface area contributed by atoms with E-state index in [4.69, 9.17) is 13.9 Å². The fourth-order valence-electron chi connectivity index (χ4n) is 5.24. The third-order valence-electron chi connectivity index (χ3n) is 7.80. The highest BCUT2D eigenvalue weighted by molar-refractivity contribution is 5.91. The van der Waals surface area contributed by atoms with Gasteiger partial charge in [0.15, 0.2) is 17.3 Å². The number of rotatable bonds is 8. The first kappa shape index (κ1) is 26.6. The van der Waals surface area contributed by atoms with E-state index >= 15 is 0 Å². The largest absolute Gasteiger partial charge is 0.502 e. The highest BCUT2D eigenvalue weighted by Crippen LogP contribution is 2.46. The number of carbonyl (C=O) groups excluding carboxylic acids is 1. The number of carbonyl (C=O) groups is 1. The molecule has 0 aliphatic heterocycles. The van der Waals surface area contributed by atoms with Gasteiger partial charge in [-0.3, -0.25) is 4.79 Å².